The maximum absolute atomic E-state index is 12.8. The Morgan fingerprint density at radius 1 is 1.07 bits per heavy atom. The van der Waals surface area contributed by atoms with Gasteiger partial charge in [-0.15, -0.1) is 11.3 Å². The summed E-state index contributed by atoms with van der Waals surface area (Å²) in [4.78, 5) is 28.0. The van der Waals surface area contributed by atoms with Gasteiger partial charge in [-0.25, -0.2) is 9.59 Å². The number of benzene rings is 1. The molecule has 0 amide bonds. The van der Waals surface area contributed by atoms with Crippen LogP contribution in [-0.4, -0.2) is 32.4 Å². The van der Waals surface area contributed by atoms with Gasteiger partial charge in [-0.3, -0.25) is 0 Å². The third-order valence-electron chi connectivity index (χ3n) is 4.51. The minimum atomic E-state index is -0.720. The molecule has 0 unspecified atom stereocenters. The molecule has 27 heavy (non-hydrogen) atoms. The zero-order valence-electron chi connectivity index (χ0n) is 14.7. The van der Waals surface area contributed by atoms with Crippen molar-refractivity contribution in [1.82, 2.24) is 0 Å². The standard InChI is InChI=1S/C20H17NO5S/c1-24-19(22)16-17(20(23)25-2)21-13-7-4-3-6-12(13)9-10-15(21)26-18(16)14-8-5-11-27-14/h3-11,15,18H,1-2H3/t15-,18+/m0/s1. The second kappa shape index (κ2) is 7.02. The number of methoxy groups -OCH3 is 2. The summed E-state index contributed by atoms with van der Waals surface area (Å²) in [6.07, 6.45) is 2.54. The van der Waals surface area contributed by atoms with Crippen LogP contribution in [0, 0.1) is 0 Å². The Bertz CT molecular complexity index is 947. The zero-order valence-corrected chi connectivity index (χ0v) is 15.6. The molecule has 2 atom stereocenters. The van der Waals surface area contributed by atoms with Gasteiger partial charge in [0.1, 0.15) is 17.4 Å². The average molecular weight is 383 g/mol. The predicted molar refractivity (Wildman–Crippen MR) is 101 cm³/mol. The minimum Gasteiger partial charge on any atom is -0.466 e. The number of hydrogen-bond donors (Lipinski definition) is 0. The van der Waals surface area contributed by atoms with Crippen LogP contribution >= 0.6 is 11.3 Å². The quantitative estimate of drug-likeness (QED) is 0.758. The molecule has 0 radical (unpaired) electrons. The van der Waals surface area contributed by atoms with Crippen LogP contribution in [-0.2, 0) is 23.8 Å². The molecule has 6 nitrogen and oxygen atoms in total. The fourth-order valence-corrected chi connectivity index (χ4v) is 4.11. The van der Waals surface area contributed by atoms with E-state index in [4.69, 9.17) is 14.2 Å². The summed E-state index contributed by atoms with van der Waals surface area (Å²) in [6, 6.07) is 11.3. The fraction of sp³-hybridized carbons (Fsp3) is 0.200. The molecule has 0 fully saturated rings. The second-order valence-corrected chi connectivity index (χ2v) is 6.93. The molecule has 2 aliphatic heterocycles. The van der Waals surface area contributed by atoms with Gasteiger partial charge >= 0.3 is 11.9 Å². The molecule has 0 saturated carbocycles. The van der Waals surface area contributed by atoms with Gasteiger partial charge in [-0.05, 0) is 29.2 Å². The number of nitrogens with zero attached hydrogens (tertiary/aromatic N) is 1. The Morgan fingerprint density at radius 3 is 2.56 bits per heavy atom. The molecular formula is C20H17NO5S. The second-order valence-electron chi connectivity index (χ2n) is 5.96. The topological polar surface area (TPSA) is 65.1 Å². The smallest absolute Gasteiger partial charge is 0.355 e. The van der Waals surface area contributed by atoms with Crippen LogP contribution < -0.4 is 4.90 Å². The van der Waals surface area contributed by atoms with Crippen LogP contribution in [0.5, 0.6) is 0 Å². The molecule has 1 aromatic carbocycles. The molecule has 2 aliphatic rings. The van der Waals surface area contributed by atoms with E-state index in [0.717, 1.165) is 16.1 Å². The molecule has 0 spiro atoms. The Morgan fingerprint density at radius 2 is 1.85 bits per heavy atom. The molecule has 0 N–H and O–H groups in total. The number of anilines is 1. The van der Waals surface area contributed by atoms with Crippen molar-refractivity contribution in [2.45, 2.75) is 12.3 Å². The molecule has 0 aliphatic carbocycles. The lowest BCUT2D eigenvalue weighted by Crippen LogP contribution is -2.47. The molecule has 2 aromatic rings. The zero-order chi connectivity index (χ0) is 19.0. The number of rotatable bonds is 3. The van der Waals surface area contributed by atoms with E-state index in [1.807, 2.05) is 53.9 Å². The predicted octanol–water partition coefficient (Wildman–Crippen LogP) is 3.28. The van der Waals surface area contributed by atoms with Crippen molar-refractivity contribution in [1.29, 1.82) is 0 Å². The summed E-state index contributed by atoms with van der Waals surface area (Å²) < 4.78 is 16.2. The molecule has 138 valence electrons. The monoisotopic (exact) mass is 383 g/mol. The molecule has 7 heteroatoms. The van der Waals surface area contributed by atoms with Crippen LogP contribution in [0.4, 0.5) is 5.69 Å². The highest BCUT2D eigenvalue weighted by Crippen LogP contribution is 2.44. The number of thiophene rings is 1. The van der Waals surface area contributed by atoms with E-state index in [1.54, 1.807) is 4.90 Å². The number of carbonyl (C=O) groups excluding carboxylic acids is 2. The summed E-state index contributed by atoms with van der Waals surface area (Å²) in [5, 5.41) is 1.89. The SMILES string of the molecule is COC(=O)C1=C(C(=O)OC)N2c3ccccc3C=C[C@@H]2O[C@@H]1c1cccs1. The third-order valence-corrected chi connectivity index (χ3v) is 5.43. The normalized spacial score (nSPS) is 20.7. The number of carbonyl (C=O) groups is 2. The molecular weight excluding hydrogens is 366 g/mol. The first kappa shape index (κ1) is 17.5. The first-order valence-electron chi connectivity index (χ1n) is 8.32. The van der Waals surface area contributed by atoms with Crippen LogP contribution in [0.25, 0.3) is 6.08 Å². The first-order chi connectivity index (χ1) is 13.2. The molecule has 4 rings (SSSR count). The van der Waals surface area contributed by atoms with Crippen molar-refractivity contribution in [3.63, 3.8) is 0 Å². The van der Waals surface area contributed by atoms with Gasteiger partial charge in [-0.2, -0.15) is 0 Å². The van der Waals surface area contributed by atoms with Crippen molar-refractivity contribution in [2.75, 3.05) is 19.1 Å². The largest absolute Gasteiger partial charge is 0.466 e. The maximum Gasteiger partial charge on any atom is 0.355 e. The number of fused-ring (bicyclic) bond motifs is 3. The van der Waals surface area contributed by atoms with Crippen LogP contribution in [0.15, 0.2) is 59.1 Å². The average Bonchev–Trinajstić information content (AvgIpc) is 3.25. The van der Waals surface area contributed by atoms with E-state index in [9.17, 15) is 9.59 Å². The van der Waals surface area contributed by atoms with E-state index in [1.165, 1.54) is 25.6 Å². The first-order valence-corrected chi connectivity index (χ1v) is 9.19. The van der Waals surface area contributed by atoms with Gasteiger partial charge in [0.05, 0.1) is 19.9 Å². The lowest BCUT2D eigenvalue weighted by atomic mass is 9.98. The third kappa shape index (κ3) is 2.85. The van der Waals surface area contributed by atoms with Crippen molar-refractivity contribution in [3.8, 4) is 0 Å². The highest BCUT2D eigenvalue weighted by molar-refractivity contribution is 7.10. The van der Waals surface area contributed by atoms with Crippen molar-refractivity contribution in [3.05, 3.63) is 69.6 Å². The van der Waals surface area contributed by atoms with Gasteiger partial charge in [0.25, 0.3) is 0 Å². The highest BCUT2D eigenvalue weighted by atomic mass is 32.1. The van der Waals surface area contributed by atoms with Crippen molar-refractivity contribution in [2.24, 2.45) is 0 Å². The number of ether oxygens (including phenoxy) is 3. The Balaban J connectivity index is 1.98. The van der Waals surface area contributed by atoms with Gasteiger partial charge in [0.2, 0.25) is 0 Å². The van der Waals surface area contributed by atoms with Gasteiger partial charge in [-0.1, -0.05) is 30.3 Å². The maximum atomic E-state index is 12.8. The Labute approximate surface area is 160 Å². The number of hydrogen-bond acceptors (Lipinski definition) is 7. The lowest BCUT2D eigenvalue weighted by molar-refractivity contribution is -0.142. The minimum absolute atomic E-state index is 0.133. The molecule has 3 heterocycles. The number of esters is 2. The lowest BCUT2D eigenvalue weighted by Gasteiger charge is -2.42. The van der Waals surface area contributed by atoms with Crippen LogP contribution in [0.3, 0.4) is 0 Å². The molecule has 0 bridgehead atoms. The highest BCUT2D eigenvalue weighted by Gasteiger charge is 2.44. The summed E-state index contributed by atoms with van der Waals surface area (Å²) in [6.45, 7) is 0. The van der Waals surface area contributed by atoms with E-state index >= 15 is 0 Å². The van der Waals surface area contributed by atoms with Gasteiger partial charge < -0.3 is 19.1 Å². The van der Waals surface area contributed by atoms with E-state index < -0.39 is 24.3 Å². The number of para-hydroxylation sites is 1. The van der Waals surface area contributed by atoms with E-state index in [2.05, 4.69) is 0 Å². The van der Waals surface area contributed by atoms with Gasteiger partial charge in [0, 0.05) is 4.88 Å². The fourth-order valence-electron chi connectivity index (χ4n) is 3.34. The summed E-state index contributed by atoms with van der Waals surface area (Å²) >= 11 is 1.45. The summed E-state index contributed by atoms with van der Waals surface area (Å²) in [7, 11) is 2.58. The summed E-state index contributed by atoms with van der Waals surface area (Å²) in [5.74, 6) is -1.24. The van der Waals surface area contributed by atoms with E-state index in [0.29, 0.717) is 0 Å². The van der Waals surface area contributed by atoms with Crippen LogP contribution in [0.1, 0.15) is 16.5 Å². The van der Waals surface area contributed by atoms with Crippen molar-refractivity contribution >= 4 is 35.0 Å². The Hall–Kier alpha value is -2.90. The van der Waals surface area contributed by atoms with Gasteiger partial charge in [0.15, 0.2) is 6.23 Å². The molecule has 1 aromatic heterocycles. The molecule has 0 saturated heterocycles. The Kier molecular flexibility index (Phi) is 4.55. The summed E-state index contributed by atoms with van der Waals surface area (Å²) in [5.41, 5.74) is 1.94. The van der Waals surface area contributed by atoms with Crippen molar-refractivity contribution < 1.29 is 23.8 Å². The van der Waals surface area contributed by atoms with Crippen LogP contribution in [0.2, 0.25) is 0 Å². The van der Waals surface area contributed by atoms with E-state index in [-0.39, 0.29) is 11.3 Å².